The number of aromatic nitrogens is 4. The van der Waals surface area contributed by atoms with Crippen LogP contribution in [0.1, 0.15) is 17.9 Å². The van der Waals surface area contributed by atoms with Crippen LogP contribution in [0.15, 0.2) is 188 Å². The molecule has 5 heteroatoms. The molecule has 3 aromatic heterocycles. The van der Waals surface area contributed by atoms with Crippen molar-refractivity contribution < 1.29 is 0 Å². The number of fused-ring (bicyclic) bond motifs is 7. The third kappa shape index (κ3) is 5.39. The molecule has 11 rings (SSSR count). The van der Waals surface area contributed by atoms with E-state index in [4.69, 9.17) is 15.0 Å². The molecule has 0 saturated carbocycles. The van der Waals surface area contributed by atoms with Gasteiger partial charge in [-0.2, -0.15) is 0 Å². The summed E-state index contributed by atoms with van der Waals surface area (Å²) in [5.74, 6) is 2.06. The molecule has 1 aliphatic rings. The second-order valence-corrected chi connectivity index (χ2v) is 15.4. The van der Waals surface area contributed by atoms with Crippen molar-refractivity contribution in [1.29, 1.82) is 0 Å². The minimum absolute atomic E-state index is 0.121. The number of para-hydroxylation sites is 1. The van der Waals surface area contributed by atoms with Crippen molar-refractivity contribution in [3.05, 3.63) is 194 Å². The highest BCUT2D eigenvalue weighted by Gasteiger charge is 2.26. The van der Waals surface area contributed by atoms with E-state index in [0.29, 0.717) is 17.5 Å². The summed E-state index contributed by atoms with van der Waals surface area (Å²) < 4.78 is 5.15. The van der Waals surface area contributed by atoms with Crippen LogP contribution in [0.25, 0.3) is 93.0 Å². The molecule has 0 radical (unpaired) electrons. The molecule has 4 nitrogen and oxygen atoms in total. The van der Waals surface area contributed by atoms with Crippen LogP contribution in [0.2, 0.25) is 0 Å². The summed E-state index contributed by atoms with van der Waals surface area (Å²) >= 11 is 1.87. The Labute approximate surface area is 328 Å². The van der Waals surface area contributed by atoms with Gasteiger partial charge in [0, 0.05) is 59.1 Å². The highest BCUT2D eigenvalue weighted by Crippen LogP contribution is 2.47. The first-order chi connectivity index (χ1) is 27.8. The molecule has 3 heterocycles. The molecular weight excluding hydrogens is 701 g/mol. The van der Waals surface area contributed by atoms with Crippen molar-refractivity contribution in [3.63, 3.8) is 0 Å². The summed E-state index contributed by atoms with van der Waals surface area (Å²) in [4.78, 5) is 15.5. The Bertz CT molecular complexity index is 3100. The van der Waals surface area contributed by atoms with Crippen LogP contribution in [0, 0.1) is 0 Å². The zero-order valence-corrected chi connectivity index (χ0v) is 31.2. The monoisotopic (exact) mass is 734 g/mol. The van der Waals surface area contributed by atoms with E-state index in [2.05, 4.69) is 156 Å². The molecule has 1 unspecified atom stereocenters. The van der Waals surface area contributed by atoms with Gasteiger partial charge >= 0.3 is 0 Å². The highest BCUT2D eigenvalue weighted by molar-refractivity contribution is 7.26. The van der Waals surface area contributed by atoms with Gasteiger partial charge in [-0.25, -0.2) is 15.0 Å². The lowest BCUT2D eigenvalue weighted by Crippen LogP contribution is -2.09. The van der Waals surface area contributed by atoms with Crippen molar-refractivity contribution in [2.24, 2.45) is 0 Å². The first-order valence-electron chi connectivity index (χ1n) is 19.1. The quantitative estimate of drug-likeness (QED) is 0.171. The lowest BCUT2D eigenvalue weighted by Gasteiger charge is -2.25. The lowest BCUT2D eigenvalue weighted by molar-refractivity contribution is 0.844. The van der Waals surface area contributed by atoms with Gasteiger partial charge < -0.3 is 4.57 Å². The zero-order valence-electron chi connectivity index (χ0n) is 30.4. The molecule has 7 aromatic carbocycles. The van der Waals surface area contributed by atoms with E-state index < -0.39 is 0 Å². The summed E-state index contributed by atoms with van der Waals surface area (Å²) in [5.41, 5.74) is 9.94. The Hall–Kier alpha value is -6.95. The summed E-state index contributed by atoms with van der Waals surface area (Å²) in [6.07, 6.45) is 9.86. The van der Waals surface area contributed by atoms with Crippen LogP contribution in [-0.4, -0.2) is 19.5 Å². The highest BCUT2D eigenvalue weighted by atomic mass is 32.1. The van der Waals surface area contributed by atoms with Gasteiger partial charge in [0.1, 0.15) is 0 Å². The average molecular weight is 735 g/mol. The van der Waals surface area contributed by atoms with E-state index in [9.17, 15) is 0 Å². The minimum Gasteiger partial charge on any atom is -0.308 e. The van der Waals surface area contributed by atoms with E-state index in [0.717, 1.165) is 34.2 Å². The summed E-state index contributed by atoms with van der Waals surface area (Å²) in [6, 6.07) is 58.2. The van der Waals surface area contributed by atoms with E-state index in [1.807, 2.05) is 47.7 Å². The number of allylic oxidation sites excluding steroid dienone is 4. The predicted octanol–water partition coefficient (Wildman–Crippen LogP) is 13.6. The third-order valence-electron chi connectivity index (χ3n) is 11.0. The summed E-state index contributed by atoms with van der Waals surface area (Å²) in [5, 5.41) is 5.08. The van der Waals surface area contributed by atoms with Crippen LogP contribution < -0.4 is 0 Å². The molecule has 0 N–H and O–H groups in total. The maximum atomic E-state index is 5.22. The molecule has 10 aromatic rings. The maximum Gasteiger partial charge on any atom is 0.164 e. The van der Waals surface area contributed by atoms with E-state index in [-0.39, 0.29) is 5.92 Å². The molecule has 0 spiro atoms. The molecular formula is C51H34N4S. The Morgan fingerprint density at radius 1 is 0.500 bits per heavy atom. The minimum atomic E-state index is 0.121. The topological polar surface area (TPSA) is 43.6 Å². The molecule has 1 atom stereocenters. The molecule has 0 aliphatic heterocycles. The molecule has 56 heavy (non-hydrogen) atoms. The fourth-order valence-corrected chi connectivity index (χ4v) is 9.51. The van der Waals surface area contributed by atoms with Crippen molar-refractivity contribution in [1.82, 2.24) is 19.5 Å². The molecule has 0 fully saturated rings. The maximum absolute atomic E-state index is 5.22. The number of benzene rings is 7. The van der Waals surface area contributed by atoms with Gasteiger partial charge in [-0.3, -0.25) is 0 Å². The van der Waals surface area contributed by atoms with Crippen LogP contribution >= 0.6 is 11.3 Å². The fourth-order valence-electron chi connectivity index (χ4n) is 8.40. The molecule has 0 bridgehead atoms. The molecule has 0 amide bonds. The summed E-state index contributed by atoms with van der Waals surface area (Å²) in [6.45, 7) is 0. The first-order valence-corrected chi connectivity index (χ1v) is 19.9. The van der Waals surface area contributed by atoms with E-state index in [1.54, 1.807) is 0 Å². The molecule has 1 aliphatic carbocycles. The average Bonchev–Trinajstić information content (AvgIpc) is 3.83. The number of nitrogens with zero attached hydrogens (tertiary/aromatic N) is 4. The number of thiophene rings is 1. The number of hydrogen-bond acceptors (Lipinski definition) is 4. The standard InChI is InChI=1S/C51H34N4S/c1-5-17-33(18-6-1)41-31-37(51-53-49(35-21-9-3-10-22-35)52-50(54-51)36-23-11-4-12-24-36)32-42(34-19-7-2-8-20-34)47(41)55-43-27-15-13-25-38(43)39-29-30-45-46(48(39)55)40-26-14-16-28-44(40)56-45/h1-19,21-32,34H,20H2. The van der Waals surface area contributed by atoms with Gasteiger partial charge in [0.15, 0.2) is 17.5 Å². The Kier molecular flexibility index (Phi) is 7.78. The second kappa shape index (κ2) is 13.4. The van der Waals surface area contributed by atoms with Crippen LogP contribution in [-0.2, 0) is 0 Å². The van der Waals surface area contributed by atoms with Crippen molar-refractivity contribution in [2.75, 3.05) is 0 Å². The van der Waals surface area contributed by atoms with E-state index >= 15 is 0 Å². The van der Waals surface area contributed by atoms with Crippen LogP contribution in [0.5, 0.6) is 0 Å². The largest absolute Gasteiger partial charge is 0.308 e. The molecule has 264 valence electrons. The normalized spacial score (nSPS) is 14.0. The second-order valence-electron chi connectivity index (χ2n) is 14.3. The van der Waals surface area contributed by atoms with Gasteiger partial charge in [0.2, 0.25) is 0 Å². The zero-order chi connectivity index (χ0) is 37.0. The number of hydrogen-bond donors (Lipinski definition) is 0. The lowest BCUT2D eigenvalue weighted by atomic mass is 9.86. The van der Waals surface area contributed by atoms with Gasteiger partial charge in [-0.05, 0) is 47.9 Å². The van der Waals surface area contributed by atoms with Crippen molar-refractivity contribution in [2.45, 2.75) is 12.3 Å². The Morgan fingerprint density at radius 2 is 1.11 bits per heavy atom. The van der Waals surface area contributed by atoms with Gasteiger partial charge in [0.25, 0.3) is 0 Å². The van der Waals surface area contributed by atoms with Gasteiger partial charge in [-0.1, -0.05) is 158 Å². The Balaban J connectivity index is 1.28. The SMILES string of the molecule is C1=CCC(c2cc(-c3nc(-c4ccccc4)nc(-c4ccccc4)n3)cc(-c3ccccc3)c2-n2c3ccccc3c3ccc4sc5ccccc5c4c32)C=C1. The smallest absolute Gasteiger partial charge is 0.164 e. The fraction of sp³-hybridized carbons (Fsp3) is 0.0392. The van der Waals surface area contributed by atoms with Crippen molar-refractivity contribution in [3.8, 4) is 51.0 Å². The van der Waals surface area contributed by atoms with E-state index in [1.165, 1.54) is 53.2 Å². The Morgan fingerprint density at radius 3 is 1.79 bits per heavy atom. The predicted molar refractivity (Wildman–Crippen MR) is 234 cm³/mol. The molecule has 0 saturated heterocycles. The third-order valence-corrected chi connectivity index (χ3v) is 12.1. The van der Waals surface area contributed by atoms with Crippen LogP contribution in [0.4, 0.5) is 0 Å². The first kappa shape index (κ1) is 32.5. The van der Waals surface area contributed by atoms with Crippen molar-refractivity contribution >= 4 is 53.3 Å². The number of rotatable bonds is 6. The van der Waals surface area contributed by atoms with Crippen LogP contribution in [0.3, 0.4) is 0 Å². The van der Waals surface area contributed by atoms with Gasteiger partial charge in [0.05, 0.1) is 16.7 Å². The van der Waals surface area contributed by atoms with Gasteiger partial charge in [-0.15, -0.1) is 11.3 Å². The summed E-state index contributed by atoms with van der Waals surface area (Å²) in [7, 11) is 0.